The number of benzene rings is 1. The number of nitrogens with two attached hydrogens (primary N) is 1. The van der Waals surface area contributed by atoms with Crippen LogP contribution in [0.15, 0.2) is 24.3 Å². The fourth-order valence-electron chi connectivity index (χ4n) is 3.68. The van der Waals surface area contributed by atoms with Crippen molar-refractivity contribution in [1.82, 2.24) is 15.1 Å². The van der Waals surface area contributed by atoms with Gasteiger partial charge in [0.2, 0.25) is 5.91 Å². The molecular weight excluding hydrogens is 304 g/mol. The maximum Gasteiger partial charge on any atom is 0.319 e. The Morgan fingerprint density at radius 1 is 1.21 bits per heavy atom. The number of hydrogen-bond acceptors (Lipinski definition) is 3. The van der Waals surface area contributed by atoms with Crippen molar-refractivity contribution in [3.8, 4) is 0 Å². The van der Waals surface area contributed by atoms with Gasteiger partial charge in [0.15, 0.2) is 0 Å². The standard InChI is InChI=1S/C18H26N4O2/c1-21(2)18(24)22-9-7-12(8-10-22)17(23)20-15-11-13-5-3-4-6-14(13)16(15)19/h3-6,12,15-16H,7-11,19H2,1-2H3,(H,20,23)/t15-,16-/m0/s1. The van der Waals surface area contributed by atoms with Gasteiger partial charge in [-0.25, -0.2) is 4.79 Å². The Hall–Kier alpha value is -2.08. The van der Waals surface area contributed by atoms with E-state index in [1.807, 2.05) is 18.2 Å². The summed E-state index contributed by atoms with van der Waals surface area (Å²) < 4.78 is 0. The highest BCUT2D eigenvalue weighted by molar-refractivity contribution is 5.80. The van der Waals surface area contributed by atoms with Crippen molar-refractivity contribution in [1.29, 1.82) is 0 Å². The third kappa shape index (κ3) is 3.24. The Labute approximate surface area is 143 Å². The quantitative estimate of drug-likeness (QED) is 0.853. The van der Waals surface area contributed by atoms with Crippen molar-refractivity contribution in [3.63, 3.8) is 0 Å². The highest BCUT2D eigenvalue weighted by atomic mass is 16.2. The third-order valence-electron chi connectivity index (χ3n) is 5.13. The molecule has 1 heterocycles. The number of carbonyl (C=O) groups is 2. The second-order valence-corrected chi connectivity index (χ2v) is 6.98. The predicted molar refractivity (Wildman–Crippen MR) is 92.4 cm³/mol. The predicted octanol–water partition coefficient (Wildman–Crippen LogP) is 1.12. The molecule has 3 amide bonds. The molecule has 1 fully saturated rings. The molecule has 0 saturated carbocycles. The van der Waals surface area contributed by atoms with E-state index >= 15 is 0 Å². The highest BCUT2D eigenvalue weighted by Gasteiger charge is 2.33. The van der Waals surface area contributed by atoms with Gasteiger partial charge in [0.1, 0.15) is 0 Å². The summed E-state index contributed by atoms with van der Waals surface area (Å²) in [6.07, 6.45) is 2.21. The van der Waals surface area contributed by atoms with Crippen LogP contribution < -0.4 is 11.1 Å². The average Bonchev–Trinajstić information content (AvgIpc) is 2.90. The second-order valence-electron chi connectivity index (χ2n) is 6.98. The van der Waals surface area contributed by atoms with Crippen LogP contribution in [0.3, 0.4) is 0 Å². The lowest BCUT2D eigenvalue weighted by Gasteiger charge is -2.33. The molecule has 1 saturated heterocycles. The molecule has 1 aromatic carbocycles. The largest absolute Gasteiger partial charge is 0.351 e. The van der Waals surface area contributed by atoms with Crippen LogP contribution in [0.4, 0.5) is 4.79 Å². The number of rotatable bonds is 2. The van der Waals surface area contributed by atoms with Crippen molar-refractivity contribution < 1.29 is 9.59 Å². The van der Waals surface area contributed by atoms with Gasteiger partial charge in [-0.1, -0.05) is 24.3 Å². The zero-order chi connectivity index (χ0) is 17.3. The molecule has 24 heavy (non-hydrogen) atoms. The van der Waals surface area contributed by atoms with Crippen LogP contribution in [-0.4, -0.2) is 55.0 Å². The molecule has 6 nitrogen and oxygen atoms in total. The van der Waals surface area contributed by atoms with Crippen LogP contribution in [0.25, 0.3) is 0 Å². The lowest BCUT2D eigenvalue weighted by molar-refractivity contribution is -0.127. The first-order chi connectivity index (χ1) is 11.5. The molecule has 1 aliphatic carbocycles. The highest BCUT2D eigenvalue weighted by Crippen LogP contribution is 2.30. The number of fused-ring (bicyclic) bond motifs is 1. The fourth-order valence-corrected chi connectivity index (χ4v) is 3.68. The van der Waals surface area contributed by atoms with Crippen LogP contribution >= 0.6 is 0 Å². The number of piperidine rings is 1. The van der Waals surface area contributed by atoms with Gasteiger partial charge in [-0.15, -0.1) is 0 Å². The molecule has 130 valence electrons. The van der Waals surface area contributed by atoms with Crippen molar-refractivity contribution >= 4 is 11.9 Å². The second kappa shape index (κ2) is 6.81. The zero-order valence-corrected chi connectivity index (χ0v) is 14.4. The van der Waals surface area contributed by atoms with E-state index in [1.54, 1.807) is 23.9 Å². The third-order valence-corrected chi connectivity index (χ3v) is 5.13. The van der Waals surface area contributed by atoms with Crippen molar-refractivity contribution in [2.24, 2.45) is 11.7 Å². The molecule has 0 spiro atoms. The van der Waals surface area contributed by atoms with Crippen LogP contribution in [0.1, 0.15) is 30.0 Å². The molecule has 3 N–H and O–H groups in total. The molecule has 2 atom stereocenters. The fraction of sp³-hybridized carbons (Fsp3) is 0.556. The van der Waals surface area contributed by atoms with E-state index in [4.69, 9.17) is 5.73 Å². The number of amides is 3. The minimum absolute atomic E-state index is 0.0159. The number of carbonyl (C=O) groups excluding carboxylic acids is 2. The first kappa shape index (κ1) is 16.8. The Kier molecular flexibility index (Phi) is 4.76. The SMILES string of the molecule is CN(C)C(=O)N1CCC(C(=O)N[C@H]2Cc3ccccc3[C@@H]2N)CC1. The summed E-state index contributed by atoms with van der Waals surface area (Å²) in [4.78, 5) is 27.9. The first-order valence-corrected chi connectivity index (χ1v) is 8.57. The molecule has 3 rings (SSSR count). The summed E-state index contributed by atoms with van der Waals surface area (Å²) in [7, 11) is 3.50. The Bertz CT molecular complexity index is 623. The molecule has 1 aromatic rings. The topological polar surface area (TPSA) is 78.7 Å². The van der Waals surface area contributed by atoms with Gasteiger partial charge in [0.25, 0.3) is 0 Å². The maximum absolute atomic E-state index is 12.6. The number of nitrogens with one attached hydrogen (secondary N) is 1. The molecule has 6 heteroatoms. The maximum atomic E-state index is 12.6. The Balaban J connectivity index is 1.53. The minimum atomic E-state index is -0.138. The van der Waals surface area contributed by atoms with E-state index in [0.29, 0.717) is 25.9 Å². The number of hydrogen-bond donors (Lipinski definition) is 2. The van der Waals surface area contributed by atoms with Crippen LogP contribution in [-0.2, 0) is 11.2 Å². The lowest BCUT2D eigenvalue weighted by atomic mass is 9.95. The number of likely N-dealkylation sites (tertiary alicyclic amines) is 1. The van der Waals surface area contributed by atoms with Crippen molar-refractivity contribution in [2.45, 2.75) is 31.3 Å². The normalized spacial score (nSPS) is 23.7. The van der Waals surface area contributed by atoms with Gasteiger partial charge >= 0.3 is 6.03 Å². The van der Waals surface area contributed by atoms with Crippen LogP contribution in [0.5, 0.6) is 0 Å². The van der Waals surface area contributed by atoms with E-state index in [1.165, 1.54) is 5.56 Å². The Morgan fingerprint density at radius 3 is 2.50 bits per heavy atom. The van der Waals surface area contributed by atoms with E-state index in [-0.39, 0.29) is 29.9 Å². The van der Waals surface area contributed by atoms with Crippen LogP contribution in [0, 0.1) is 5.92 Å². The van der Waals surface area contributed by atoms with Gasteiger partial charge < -0.3 is 20.9 Å². The summed E-state index contributed by atoms with van der Waals surface area (Å²) >= 11 is 0. The minimum Gasteiger partial charge on any atom is -0.351 e. The van der Waals surface area contributed by atoms with Gasteiger partial charge in [0.05, 0.1) is 12.1 Å². The zero-order valence-electron chi connectivity index (χ0n) is 14.4. The first-order valence-electron chi connectivity index (χ1n) is 8.57. The molecule has 0 aromatic heterocycles. The molecular formula is C18H26N4O2. The monoisotopic (exact) mass is 330 g/mol. The lowest BCUT2D eigenvalue weighted by Crippen LogP contribution is -2.49. The van der Waals surface area contributed by atoms with Gasteiger partial charge in [-0.05, 0) is 30.4 Å². The summed E-state index contributed by atoms with van der Waals surface area (Å²) in [6.45, 7) is 1.26. The van der Waals surface area contributed by atoms with E-state index in [2.05, 4.69) is 11.4 Å². The van der Waals surface area contributed by atoms with Crippen molar-refractivity contribution in [3.05, 3.63) is 35.4 Å². The molecule has 0 unspecified atom stereocenters. The molecule has 0 bridgehead atoms. The number of urea groups is 1. The van der Waals surface area contributed by atoms with E-state index in [0.717, 1.165) is 12.0 Å². The summed E-state index contributed by atoms with van der Waals surface area (Å²) in [6, 6.07) is 7.96. The average molecular weight is 330 g/mol. The van der Waals surface area contributed by atoms with E-state index < -0.39 is 0 Å². The van der Waals surface area contributed by atoms with Gasteiger partial charge in [-0.2, -0.15) is 0 Å². The summed E-state index contributed by atoms with van der Waals surface area (Å²) in [5, 5.41) is 3.13. The van der Waals surface area contributed by atoms with Gasteiger partial charge in [-0.3, -0.25) is 4.79 Å². The molecule has 0 radical (unpaired) electrons. The van der Waals surface area contributed by atoms with Crippen LogP contribution in [0.2, 0.25) is 0 Å². The summed E-state index contributed by atoms with van der Waals surface area (Å²) in [5.41, 5.74) is 8.65. The number of nitrogens with zero attached hydrogens (tertiary/aromatic N) is 2. The van der Waals surface area contributed by atoms with E-state index in [9.17, 15) is 9.59 Å². The van der Waals surface area contributed by atoms with Gasteiger partial charge in [0, 0.05) is 33.1 Å². The van der Waals surface area contributed by atoms with Crippen molar-refractivity contribution in [2.75, 3.05) is 27.2 Å². The summed E-state index contributed by atoms with van der Waals surface area (Å²) in [5.74, 6) is 0.0346. The smallest absolute Gasteiger partial charge is 0.319 e. The Morgan fingerprint density at radius 2 is 1.88 bits per heavy atom. The molecule has 2 aliphatic rings. The molecule has 1 aliphatic heterocycles.